The van der Waals surface area contributed by atoms with E-state index in [0.717, 1.165) is 21.6 Å². The maximum absolute atomic E-state index is 6.24. The van der Waals surface area contributed by atoms with Crippen LogP contribution in [0.4, 0.5) is 17.1 Å². The molecule has 0 radical (unpaired) electrons. The van der Waals surface area contributed by atoms with Crippen LogP contribution in [0.1, 0.15) is 13.8 Å². The number of rotatable bonds is 2. The van der Waals surface area contributed by atoms with Crippen LogP contribution in [-0.4, -0.2) is 24.5 Å². The lowest BCUT2D eigenvalue weighted by Crippen LogP contribution is -2.62. The van der Waals surface area contributed by atoms with Crippen molar-refractivity contribution in [1.29, 1.82) is 0 Å². The van der Waals surface area contributed by atoms with Gasteiger partial charge in [0, 0.05) is 22.5 Å². The van der Waals surface area contributed by atoms with Crippen molar-refractivity contribution in [3.8, 4) is 0 Å². The predicted molar refractivity (Wildman–Crippen MR) is 129 cm³/mol. The van der Waals surface area contributed by atoms with Gasteiger partial charge in [-0.1, -0.05) is 48.5 Å². The Kier molecular flexibility index (Phi) is 3.79. The molecular formula is C26H24BN3O. The fourth-order valence-electron chi connectivity index (χ4n) is 5.18. The molecule has 2 aliphatic rings. The molecule has 6 rings (SSSR count). The molecule has 2 aliphatic heterocycles. The molecule has 5 heteroatoms. The van der Waals surface area contributed by atoms with Gasteiger partial charge in [0.15, 0.2) is 0 Å². The molecule has 0 spiro atoms. The van der Waals surface area contributed by atoms with E-state index in [1.165, 1.54) is 17.1 Å². The average molecular weight is 405 g/mol. The zero-order chi connectivity index (χ0) is 21.2. The molecule has 0 N–H and O–H groups in total. The van der Waals surface area contributed by atoms with E-state index in [0.29, 0.717) is 0 Å². The Morgan fingerprint density at radius 3 is 2.29 bits per heavy atom. The first kappa shape index (κ1) is 18.2. The van der Waals surface area contributed by atoms with Gasteiger partial charge in [0.2, 0.25) is 0 Å². The van der Waals surface area contributed by atoms with Gasteiger partial charge in [-0.2, -0.15) is 0 Å². The van der Waals surface area contributed by atoms with E-state index in [4.69, 9.17) is 4.42 Å². The molecule has 4 nitrogen and oxygen atoms in total. The monoisotopic (exact) mass is 405 g/mol. The highest BCUT2D eigenvalue weighted by atomic mass is 16.3. The average Bonchev–Trinajstić information content (AvgIpc) is 3.24. The minimum atomic E-state index is -0.280. The fourth-order valence-corrected chi connectivity index (χ4v) is 5.18. The van der Waals surface area contributed by atoms with Crippen LogP contribution in [0, 0.1) is 0 Å². The number of hydrogen-bond acceptors (Lipinski definition) is 4. The highest BCUT2D eigenvalue weighted by molar-refractivity contribution is 6.75. The zero-order valence-electron chi connectivity index (χ0n) is 18.0. The zero-order valence-corrected chi connectivity index (χ0v) is 18.0. The van der Waals surface area contributed by atoms with Crippen LogP contribution in [0.5, 0.6) is 0 Å². The third-order valence-corrected chi connectivity index (χ3v) is 6.51. The number of furan rings is 1. The summed E-state index contributed by atoms with van der Waals surface area (Å²) in [5, 5.41) is 2.31. The molecular weight excluding hydrogens is 381 g/mol. The fraction of sp³-hybridized carbons (Fsp3) is 0.154. The summed E-state index contributed by atoms with van der Waals surface area (Å²) >= 11 is 0. The summed E-state index contributed by atoms with van der Waals surface area (Å²) in [4.78, 5) is 7.21. The highest BCUT2D eigenvalue weighted by Crippen LogP contribution is 2.49. The Bertz CT molecular complexity index is 1410. The van der Waals surface area contributed by atoms with Crippen LogP contribution in [0.2, 0.25) is 0 Å². The standard InChI is InChI=1S/C26H24BN3O/c1-26(2)29(19-11-5-4-6-12-19)22-14-8-9-15-23(22)30(26)27-17-25-21(18-28(27)3)20-13-7-10-16-24(20)31-25/h4-18H,1-3H3. The van der Waals surface area contributed by atoms with Crippen LogP contribution in [-0.2, 0) is 0 Å². The maximum atomic E-state index is 6.24. The van der Waals surface area contributed by atoms with Gasteiger partial charge in [-0.3, -0.25) is 0 Å². The minimum Gasteiger partial charge on any atom is -0.457 e. The predicted octanol–water partition coefficient (Wildman–Crippen LogP) is 4.32. The lowest BCUT2D eigenvalue weighted by Gasteiger charge is -2.45. The van der Waals surface area contributed by atoms with Crippen molar-refractivity contribution in [2.24, 2.45) is 0 Å². The molecule has 31 heavy (non-hydrogen) atoms. The summed E-state index contributed by atoms with van der Waals surface area (Å²) in [6.07, 6.45) is 2.22. The van der Waals surface area contributed by atoms with Gasteiger partial charge in [0.1, 0.15) is 16.7 Å². The largest absolute Gasteiger partial charge is 0.457 e. The number of benzene rings is 3. The Hall–Kier alpha value is -3.60. The first-order valence-corrected chi connectivity index (χ1v) is 10.7. The number of hydrogen-bond donors (Lipinski definition) is 0. The second-order valence-corrected chi connectivity index (χ2v) is 8.78. The molecule has 1 aromatic heterocycles. The molecule has 0 fully saturated rings. The molecule has 0 bridgehead atoms. The second kappa shape index (κ2) is 6.45. The quantitative estimate of drug-likeness (QED) is 0.464. The summed E-state index contributed by atoms with van der Waals surface area (Å²) in [7, 11) is 2.15. The van der Waals surface area contributed by atoms with Gasteiger partial charge in [-0.15, -0.1) is 0 Å². The Balaban J connectivity index is 1.54. The summed E-state index contributed by atoms with van der Waals surface area (Å²) in [6, 6.07) is 27.6. The van der Waals surface area contributed by atoms with Gasteiger partial charge in [0.05, 0.1) is 11.4 Å². The smallest absolute Gasteiger partial charge is 0.408 e. The topological polar surface area (TPSA) is 22.9 Å². The lowest BCUT2D eigenvalue weighted by atomic mass is 9.68. The molecule has 3 aromatic carbocycles. The van der Waals surface area contributed by atoms with Crippen LogP contribution in [0.3, 0.4) is 0 Å². The second-order valence-electron chi connectivity index (χ2n) is 8.78. The summed E-state index contributed by atoms with van der Waals surface area (Å²) in [6.45, 7) is 4.60. The van der Waals surface area contributed by atoms with E-state index in [1.807, 2.05) is 12.1 Å². The van der Waals surface area contributed by atoms with Gasteiger partial charge < -0.3 is 18.9 Å². The highest BCUT2D eigenvalue weighted by Gasteiger charge is 2.48. The Morgan fingerprint density at radius 2 is 1.48 bits per heavy atom. The van der Waals surface area contributed by atoms with Crippen molar-refractivity contribution in [1.82, 2.24) is 4.81 Å². The van der Waals surface area contributed by atoms with Gasteiger partial charge in [-0.25, -0.2) is 0 Å². The van der Waals surface area contributed by atoms with E-state index in [-0.39, 0.29) is 12.6 Å². The van der Waals surface area contributed by atoms with E-state index < -0.39 is 0 Å². The first-order valence-electron chi connectivity index (χ1n) is 10.7. The first-order chi connectivity index (χ1) is 15.1. The van der Waals surface area contributed by atoms with E-state index in [2.05, 4.69) is 114 Å². The summed E-state index contributed by atoms with van der Waals surface area (Å²) in [5.41, 5.74) is 5.22. The summed E-state index contributed by atoms with van der Waals surface area (Å²) in [5.74, 6) is 2.25. The minimum absolute atomic E-state index is 0.0259. The third kappa shape index (κ3) is 2.56. The molecule has 0 aliphatic carbocycles. The van der Waals surface area contributed by atoms with Crippen molar-refractivity contribution >= 4 is 47.2 Å². The van der Waals surface area contributed by atoms with Crippen molar-refractivity contribution in [3.63, 3.8) is 0 Å². The van der Waals surface area contributed by atoms with Crippen molar-refractivity contribution in [2.45, 2.75) is 19.5 Å². The number of nitrogens with zero attached hydrogens (tertiary/aromatic N) is 3. The number of para-hydroxylation sites is 4. The SMILES string of the molecule is CN1C=c2c(oc3ccccc23)=CB1N1c2ccccc2N(c2ccccc2)C1(C)C. The van der Waals surface area contributed by atoms with E-state index >= 15 is 0 Å². The summed E-state index contributed by atoms with van der Waals surface area (Å²) < 4.78 is 6.24. The van der Waals surface area contributed by atoms with Crippen LogP contribution in [0.15, 0.2) is 83.3 Å². The maximum Gasteiger partial charge on any atom is 0.408 e. The van der Waals surface area contributed by atoms with Gasteiger partial charge in [0.25, 0.3) is 0 Å². The molecule has 4 aromatic rings. The van der Waals surface area contributed by atoms with Crippen molar-refractivity contribution in [3.05, 3.63) is 89.5 Å². The van der Waals surface area contributed by atoms with Crippen LogP contribution in [0.25, 0.3) is 23.1 Å². The molecule has 3 heterocycles. The molecule has 152 valence electrons. The van der Waals surface area contributed by atoms with E-state index in [1.54, 1.807) is 0 Å². The lowest BCUT2D eigenvalue weighted by molar-refractivity contribution is 0.539. The normalized spacial score (nSPS) is 16.7. The number of fused-ring (bicyclic) bond motifs is 4. The number of anilines is 3. The molecule has 0 saturated heterocycles. The molecule has 0 unspecified atom stereocenters. The van der Waals surface area contributed by atoms with Crippen LogP contribution >= 0.6 is 0 Å². The molecule has 0 saturated carbocycles. The van der Waals surface area contributed by atoms with Crippen LogP contribution < -0.4 is 20.3 Å². The Labute approximate surface area is 182 Å². The molecule has 0 amide bonds. The van der Waals surface area contributed by atoms with E-state index in [9.17, 15) is 0 Å². The Morgan fingerprint density at radius 1 is 0.806 bits per heavy atom. The molecule has 0 atom stereocenters. The van der Waals surface area contributed by atoms with Crippen molar-refractivity contribution in [2.75, 3.05) is 16.8 Å². The van der Waals surface area contributed by atoms with Gasteiger partial charge >= 0.3 is 6.98 Å². The third-order valence-electron chi connectivity index (χ3n) is 6.51. The van der Waals surface area contributed by atoms with Gasteiger partial charge in [-0.05, 0) is 57.2 Å². The van der Waals surface area contributed by atoms with Crippen molar-refractivity contribution < 1.29 is 4.42 Å².